The van der Waals surface area contributed by atoms with Gasteiger partial charge in [0.05, 0.1) is 6.10 Å². The lowest BCUT2D eigenvalue weighted by atomic mass is 9.81. The molecule has 0 fully saturated rings. The summed E-state index contributed by atoms with van der Waals surface area (Å²) in [5.41, 5.74) is 10.8. The summed E-state index contributed by atoms with van der Waals surface area (Å²) in [5, 5.41) is 10.5. The van der Waals surface area contributed by atoms with Crippen molar-refractivity contribution in [3.8, 4) is 0 Å². The van der Waals surface area contributed by atoms with Gasteiger partial charge in [0.25, 0.3) is 0 Å². The summed E-state index contributed by atoms with van der Waals surface area (Å²) in [5.74, 6) is 0.260. The molecule has 0 saturated heterocycles. The van der Waals surface area contributed by atoms with E-state index in [2.05, 4.69) is 46.8 Å². The predicted octanol–water partition coefficient (Wildman–Crippen LogP) is 3.62. The summed E-state index contributed by atoms with van der Waals surface area (Å²) in [7, 11) is 0. The van der Waals surface area contributed by atoms with Crippen molar-refractivity contribution in [3.63, 3.8) is 0 Å². The van der Waals surface area contributed by atoms with Gasteiger partial charge in [-0.2, -0.15) is 0 Å². The Morgan fingerprint density at radius 1 is 1.05 bits per heavy atom. The zero-order valence-electron chi connectivity index (χ0n) is 13.4. The number of aliphatic hydroxyl groups is 1. The van der Waals surface area contributed by atoms with Crippen LogP contribution in [0.15, 0.2) is 12.1 Å². The Balaban J connectivity index is 3.25. The Bertz CT molecular complexity index is 420. The molecule has 0 amide bonds. The largest absolute Gasteiger partial charge is 0.387 e. The van der Waals surface area contributed by atoms with Crippen LogP contribution in [-0.2, 0) is 5.41 Å². The molecule has 1 aromatic rings. The number of aryl methyl sites for hydroxylation is 2. The molecular weight excluding hydrogens is 234 g/mol. The minimum atomic E-state index is -0.589. The van der Waals surface area contributed by atoms with E-state index >= 15 is 0 Å². The summed E-state index contributed by atoms with van der Waals surface area (Å²) in [6.45, 7) is 14.8. The number of nitrogens with two attached hydrogens (primary N) is 1. The second-order valence-electron chi connectivity index (χ2n) is 7.04. The standard InChI is InChI=1S/C17H29NO/c1-10(2)15(18)16(19)14-11(3)8-13(9-12(14)4)17(5,6)7/h8-10,15-16,19H,18H2,1-7H3. The monoisotopic (exact) mass is 263 g/mol. The molecule has 19 heavy (non-hydrogen) atoms. The molecule has 2 nitrogen and oxygen atoms in total. The highest BCUT2D eigenvalue weighted by molar-refractivity contribution is 5.42. The van der Waals surface area contributed by atoms with Crippen molar-refractivity contribution < 1.29 is 5.11 Å². The van der Waals surface area contributed by atoms with E-state index in [4.69, 9.17) is 5.73 Å². The molecule has 2 unspecified atom stereocenters. The second kappa shape index (κ2) is 5.64. The van der Waals surface area contributed by atoms with E-state index in [0.29, 0.717) is 0 Å². The van der Waals surface area contributed by atoms with Crippen LogP contribution in [-0.4, -0.2) is 11.1 Å². The first-order valence-corrected chi connectivity index (χ1v) is 7.11. The number of benzene rings is 1. The highest BCUT2D eigenvalue weighted by Crippen LogP contribution is 2.31. The molecule has 0 spiro atoms. The third kappa shape index (κ3) is 3.58. The highest BCUT2D eigenvalue weighted by atomic mass is 16.3. The predicted molar refractivity (Wildman–Crippen MR) is 82.4 cm³/mol. The molecule has 0 radical (unpaired) electrons. The fourth-order valence-electron chi connectivity index (χ4n) is 2.43. The van der Waals surface area contributed by atoms with Crippen molar-refractivity contribution in [2.24, 2.45) is 11.7 Å². The number of aliphatic hydroxyl groups excluding tert-OH is 1. The quantitative estimate of drug-likeness (QED) is 0.875. The normalized spacial score (nSPS) is 15.7. The van der Waals surface area contributed by atoms with Crippen molar-refractivity contribution in [3.05, 3.63) is 34.4 Å². The molecule has 2 atom stereocenters. The lowest BCUT2D eigenvalue weighted by Gasteiger charge is -2.28. The van der Waals surface area contributed by atoms with Crippen LogP contribution in [0.4, 0.5) is 0 Å². The van der Waals surface area contributed by atoms with E-state index in [1.54, 1.807) is 0 Å². The molecule has 0 aromatic heterocycles. The zero-order valence-corrected chi connectivity index (χ0v) is 13.4. The summed E-state index contributed by atoms with van der Waals surface area (Å²) in [6, 6.07) is 4.13. The number of hydrogen-bond donors (Lipinski definition) is 2. The van der Waals surface area contributed by atoms with Gasteiger partial charge in [-0.25, -0.2) is 0 Å². The van der Waals surface area contributed by atoms with Crippen molar-refractivity contribution >= 4 is 0 Å². The molecule has 0 aliphatic heterocycles. The first kappa shape index (κ1) is 16.2. The number of rotatable bonds is 3. The maximum absolute atomic E-state index is 10.5. The van der Waals surface area contributed by atoms with Crippen LogP contribution in [0.1, 0.15) is 63.0 Å². The van der Waals surface area contributed by atoms with Crippen molar-refractivity contribution in [2.75, 3.05) is 0 Å². The van der Waals surface area contributed by atoms with E-state index in [9.17, 15) is 5.11 Å². The van der Waals surface area contributed by atoms with E-state index < -0.39 is 6.10 Å². The molecule has 2 heteroatoms. The van der Waals surface area contributed by atoms with Crippen LogP contribution in [0.25, 0.3) is 0 Å². The van der Waals surface area contributed by atoms with Crippen LogP contribution in [0.3, 0.4) is 0 Å². The Morgan fingerprint density at radius 3 is 1.79 bits per heavy atom. The molecular formula is C17H29NO. The fraction of sp³-hybridized carbons (Fsp3) is 0.647. The third-order valence-corrected chi connectivity index (χ3v) is 3.89. The summed E-state index contributed by atoms with van der Waals surface area (Å²) in [4.78, 5) is 0. The van der Waals surface area contributed by atoms with Crippen LogP contribution in [0.2, 0.25) is 0 Å². The fourth-order valence-corrected chi connectivity index (χ4v) is 2.43. The first-order chi connectivity index (χ1) is 8.55. The van der Waals surface area contributed by atoms with Crippen LogP contribution in [0, 0.1) is 19.8 Å². The molecule has 0 heterocycles. The van der Waals surface area contributed by atoms with Gasteiger partial charge in [-0.1, -0.05) is 46.8 Å². The molecule has 0 aliphatic rings. The van der Waals surface area contributed by atoms with E-state index in [1.165, 1.54) is 5.56 Å². The smallest absolute Gasteiger partial charge is 0.0948 e. The Hall–Kier alpha value is -0.860. The van der Waals surface area contributed by atoms with Crippen molar-refractivity contribution in [2.45, 2.75) is 66.0 Å². The van der Waals surface area contributed by atoms with Crippen LogP contribution in [0.5, 0.6) is 0 Å². The minimum absolute atomic E-state index is 0.124. The van der Waals surface area contributed by atoms with Gasteiger partial charge in [-0.3, -0.25) is 0 Å². The first-order valence-electron chi connectivity index (χ1n) is 7.11. The lowest BCUT2D eigenvalue weighted by Crippen LogP contribution is -2.34. The maximum Gasteiger partial charge on any atom is 0.0948 e. The molecule has 108 valence electrons. The molecule has 0 bridgehead atoms. The van der Waals surface area contributed by atoms with Gasteiger partial charge >= 0.3 is 0 Å². The Labute approximate surface area is 118 Å². The summed E-state index contributed by atoms with van der Waals surface area (Å²) in [6.07, 6.45) is -0.589. The second-order valence-corrected chi connectivity index (χ2v) is 7.04. The van der Waals surface area contributed by atoms with Gasteiger partial charge in [0.15, 0.2) is 0 Å². The number of hydrogen-bond acceptors (Lipinski definition) is 2. The van der Waals surface area contributed by atoms with Gasteiger partial charge in [-0.15, -0.1) is 0 Å². The molecule has 1 rings (SSSR count). The van der Waals surface area contributed by atoms with Crippen molar-refractivity contribution in [1.29, 1.82) is 0 Å². The van der Waals surface area contributed by atoms with Gasteiger partial charge in [0.1, 0.15) is 0 Å². The Kier molecular flexibility index (Phi) is 4.81. The van der Waals surface area contributed by atoms with Crippen LogP contribution < -0.4 is 5.73 Å². The van der Waals surface area contributed by atoms with Gasteiger partial charge in [0, 0.05) is 6.04 Å². The lowest BCUT2D eigenvalue weighted by molar-refractivity contribution is 0.124. The topological polar surface area (TPSA) is 46.2 Å². The van der Waals surface area contributed by atoms with Crippen molar-refractivity contribution in [1.82, 2.24) is 0 Å². The van der Waals surface area contributed by atoms with Crippen LogP contribution >= 0.6 is 0 Å². The molecule has 0 aliphatic carbocycles. The average Bonchev–Trinajstić information content (AvgIpc) is 2.25. The average molecular weight is 263 g/mol. The van der Waals surface area contributed by atoms with E-state index in [1.807, 2.05) is 13.8 Å². The van der Waals surface area contributed by atoms with Gasteiger partial charge in [-0.05, 0) is 47.4 Å². The molecule has 0 saturated carbocycles. The SMILES string of the molecule is Cc1cc(C(C)(C)C)cc(C)c1C(O)C(N)C(C)C. The summed E-state index contributed by atoms with van der Waals surface area (Å²) < 4.78 is 0. The third-order valence-electron chi connectivity index (χ3n) is 3.89. The Morgan fingerprint density at radius 2 is 1.47 bits per heavy atom. The minimum Gasteiger partial charge on any atom is -0.387 e. The highest BCUT2D eigenvalue weighted by Gasteiger charge is 2.24. The van der Waals surface area contributed by atoms with Gasteiger partial charge in [0.2, 0.25) is 0 Å². The summed E-state index contributed by atoms with van der Waals surface area (Å²) >= 11 is 0. The van der Waals surface area contributed by atoms with E-state index in [0.717, 1.165) is 16.7 Å². The molecule has 3 N–H and O–H groups in total. The zero-order chi connectivity index (χ0) is 15.0. The van der Waals surface area contributed by atoms with Gasteiger partial charge < -0.3 is 10.8 Å². The maximum atomic E-state index is 10.5. The molecule has 1 aromatic carbocycles. The van der Waals surface area contributed by atoms with E-state index in [-0.39, 0.29) is 17.4 Å².